The van der Waals surface area contributed by atoms with Crippen LogP contribution in [0, 0.1) is 0 Å². The lowest BCUT2D eigenvalue weighted by Crippen LogP contribution is -1.71. The summed E-state index contributed by atoms with van der Waals surface area (Å²) in [7, 11) is 0. The minimum atomic E-state index is 0.752. The zero-order valence-corrected chi connectivity index (χ0v) is 7.05. The van der Waals surface area contributed by atoms with Gasteiger partial charge in [-0.2, -0.15) is 5.10 Å². The number of halogens is 1. The molecule has 2 nitrogen and oxygen atoms in total. The average Bonchev–Trinajstić information content (AvgIpc) is 2.58. The van der Waals surface area contributed by atoms with E-state index in [1.54, 1.807) is 6.20 Å². The van der Waals surface area contributed by atoms with Gasteiger partial charge in [0.05, 0.1) is 6.20 Å². The van der Waals surface area contributed by atoms with E-state index in [-0.39, 0.29) is 0 Å². The van der Waals surface area contributed by atoms with E-state index >= 15 is 0 Å². The molecule has 0 amide bonds. The molecular weight excluding hydrogens is 172 g/mol. The topological polar surface area (TPSA) is 28.7 Å². The van der Waals surface area contributed by atoms with Crippen molar-refractivity contribution in [2.24, 2.45) is 0 Å². The molecule has 1 aromatic heterocycles. The highest BCUT2D eigenvalue weighted by atomic mass is 35.5. The Hall–Kier alpha value is -1.28. The highest BCUT2D eigenvalue weighted by Gasteiger charge is 1.96. The molecule has 60 valence electrons. The summed E-state index contributed by atoms with van der Waals surface area (Å²) >= 11 is 5.75. The van der Waals surface area contributed by atoms with E-state index in [2.05, 4.69) is 10.2 Å². The van der Waals surface area contributed by atoms with Gasteiger partial charge in [-0.25, -0.2) is 0 Å². The Bertz CT molecular complexity index is 351. The van der Waals surface area contributed by atoms with Crippen molar-refractivity contribution >= 4 is 11.6 Å². The Morgan fingerprint density at radius 3 is 2.42 bits per heavy atom. The Kier molecular flexibility index (Phi) is 1.84. The van der Waals surface area contributed by atoms with Gasteiger partial charge in [-0.3, -0.25) is 5.10 Å². The number of hydrogen-bond acceptors (Lipinski definition) is 1. The van der Waals surface area contributed by atoms with Gasteiger partial charge >= 0.3 is 0 Å². The summed E-state index contributed by atoms with van der Waals surface area (Å²) < 4.78 is 0. The van der Waals surface area contributed by atoms with E-state index in [1.807, 2.05) is 30.5 Å². The number of benzene rings is 1. The first-order valence-corrected chi connectivity index (χ1v) is 3.99. The molecular formula is C9H7ClN2. The summed E-state index contributed by atoms with van der Waals surface area (Å²) in [4.78, 5) is 0. The van der Waals surface area contributed by atoms with Crippen LogP contribution in [0.2, 0.25) is 5.02 Å². The molecule has 0 aliphatic carbocycles. The SMILES string of the molecule is Clc1ccc(-c2cn[nH]c2)cc1. The minimum absolute atomic E-state index is 0.752. The summed E-state index contributed by atoms with van der Waals surface area (Å²) in [5.41, 5.74) is 2.19. The molecule has 1 N–H and O–H groups in total. The van der Waals surface area contributed by atoms with Gasteiger partial charge in [-0.05, 0) is 17.7 Å². The maximum Gasteiger partial charge on any atom is 0.0565 e. The molecule has 12 heavy (non-hydrogen) atoms. The first-order valence-electron chi connectivity index (χ1n) is 3.61. The number of aromatic nitrogens is 2. The van der Waals surface area contributed by atoms with Crippen LogP contribution in [0.3, 0.4) is 0 Å². The summed E-state index contributed by atoms with van der Waals surface area (Å²) in [6.45, 7) is 0. The Morgan fingerprint density at radius 2 is 1.83 bits per heavy atom. The van der Waals surface area contributed by atoms with Gasteiger partial charge in [0, 0.05) is 16.8 Å². The van der Waals surface area contributed by atoms with E-state index in [0.717, 1.165) is 16.1 Å². The van der Waals surface area contributed by atoms with Crippen LogP contribution in [-0.4, -0.2) is 10.2 Å². The first-order chi connectivity index (χ1) is 5.86. The predicted molar refractivity (Wildman–Crippen MR) is 49.0 cm³/mol. The monoisotopic (exact) mass is 178 g/mol. The summed E-state index contributed by atoms with van der Waals surface area (Å²) in [6, 6.07) is 7.66. The van der Waals surface area contributed by atoms with Crippen LogP contribution >= 0.6 is 11.6 Å². The van der Waals surface area contributed by atoms with Gasteiger partial charge in [0.2, 0.25) is 0 Å². The molecule has 0 aliphatic rings. The lowest BCUT2D eigenvalue weighted by molar-refractivity contribution is 1.09. The fourth-order valence-corrected chi connectivity index (χ4v) is 1.18. The Labute approximate surface area is 75.2 Å². The maximum absolute atomic E-state index is 5.75. The smallest absolute Gasteiger partial charge is 0.0565 e. The standard InChI is InChI=1S/C9H7ClN2/c10-9-3-1-7(2-4-9)8-5-11-12-6-8/h1-6H,(H,11,12). The number of nitrogens with one attached hydrogen (secondary N) is 1. The van der Waals surface area contributed by atoms with Gasteiger partial charge in [0.15, 0.2) is 0 Å². The lowest BCUT2D eigenvalue weighted by Gasteiger charge is -1.95. The molecule has 0 bridgehead atoms. The van der Waals surface area contributed by atoms with Crippen LogP contribution < -0.4 is 0 Å². The first kappa shape index (κ1) is 7.37. The molecule has 0 radical (unpaired) electrons. The van der Waals surface area contributed by atoms with Crippen molar-refractivity contribution in [2.45, 2.75) is 0 Å². The molecule has 1 aromatic carbocycles. The molecule has 0 aliphatic heterocycles. The van der Waals surface area contributed by atoms with Crippen molar-refractivity contribution < 1.29 is 0 Å². The van der Waals surface area contributed by atoms with Crippen LogP contribution in [0.15, 0.2) is 36.7 Å². The van der Waals surface area contributed by atoms with Crippen molar-refractivity contribution in [1.82, 2.24) is 10.2 Å². The van der Waals surface area contributed by atoms with Crippen molar-refractivity contribution in [3.8, 4) is 11.1 Å². The van der Waals surface area contributed by atoms with Crippen molar-refractivity contribution in [3.63, 3.8) is 0 Å². The second kappa shape index (κ2) is 2.99. The number of nitrogens with zero attached hydrogens (tertiary/aromatic N) is 1. The Balaban J connectivity index is 2.43. The van der Waals surface area contributed by atoms with Crippen molar-refractivity contribution in [2.75, 3.05) is 0 Å². The molecule has 2 aromatic rings. The second-order valence-electron chi connectivity index (χ2n) is 2.49. The third-order valence-corrected chi connectivity index (χ3v) is 1.93. The van der Waals surface area contributed by atoms with Gasteiger partial charge < -0.3 is 0 Å². The lowest BCUT2D eigenvalue weighted by atomic mass is 10.1. The zero-order valence-electron chi connectivity index (χ0n) is 6.29. The normalized spacial score (nSPS) is 10.1. The fourth-order valence-electron chi connectivity index (χ4n) is 1.05. The van der Waals surface area contributed by atoms with Gasteiger partial charge in [0.1, 0.15) is 0 Å². The molecule has 0 atom stereocenters. The van der Waals surface area contributed by atoms with Gasteiger partial charge in [0.25, 0.3) is 0 Å². The highest BCUT2D eigenvalue weighted by Crippen LogP contribution is 2.19. The van der Waals surface area contributed by atoms with Crippen molar-refractivity contribution in [1.29, 1.82) is 0 Å². The number of aromatic amines is 1. The van der Waals surface area contributed by atoms with Gasteiger partial charge in [-0.15, -0.1) is 0 Å². The van der Waals surface area contributed by atoms with Crippen LogP contribution in [-0.2, 0) is 0 Å². The Morgan fingerprint density at radius 1 is 1.08 bits per heavy atom. The predicted octanol–water partition coefficient (Wildman–Crippen LogP) is 2.73. The largest absolute Gasteiger partial charge is 0.285 e. The number of H-pyrrole nitrogens is 1. The van der Waals surface area contributed by atoms with Crippen LogP contribution in [0.25, 0.3) is 11.1 Å². The van der Waals surface area contributed by atoms with Crippen LogP contribution in [0.5, 0.6) is 0 Å². The molecule has 0 saturated carbocycles. The summed E-state index contributed by atoms with van der Waals surface area (Å²) in [5.74, 6) is 0. The molecule has 0 fully saturated rings. The molecule has 2 rings (SSSR count). The number of rotatable bonds is 1. The maximum atomic E-state index is 5.75. The van der Waals surface area contributed by atoms with E-state index < -0.39 is 0 Å². The van der Waals surface area contributed by atoms with Gasteiger partial charge in [-0.1, -0.05) is 23.7 Å². The summed E-state index contributed by atoms with van der Waals surface area (Å²) in [5, 5.41) is 7.37. The molecule has 0 unspecified atom stereocenters. The van der Waals surface area contributed by atoms with E-state index in [9.17, 15) is 0 Å². The van der Waals surface area contributed by atoms with Crippen molar-refractivity contribution in [3.05, 3.63) is 41.7 Å². The molecule has 3 heteroatoms. The van der Waals surface area contributed by atoms with E-state index in [1.165, 1.54) is 0 Å². The summed E-state index contributed by atoms with van der Waals surface area (Å²) in [6.07, 6.45) is 3.63. The van der Waals surface area contributed by atoms with E-state index in [4.69, 9.17) is 11.6 Å². The third kappa shape index (κ3) is 1.34. The van der Waals surface area contributed by atoms with Crippen LogP contribution in [0.4, 0.5) is 0 Å². The van der Waals surface area contributed by atoms with E-state index in [0.29, 0.717) is 0 Å². The minimum Gasteiger partial charge on any atom is -0.285 e. The molecule has 0 spiro atoms. The zero-order chi connectivity index (χ0) is 8.39. The highest BCUT2D eigenvalue weighted by molar-refractivity contribution is 6.30. The third-order valence-electron chi connectivity index (χ3n) is 1.68. The molecule has 0 saturated heterocycles. The fraction of sp³-hybridized carbons (Fsp3) is 0. The second-order valence-corrected chi connectivity index (χ2v) is 2.93. The molecule has 1 heterocycles. The number of hydrogen-bond donors (Lipinski definition) is 1. The van der Waals surface area contributed by atoms with Crippen LogP contribution in [0.1, 0.15) is 0 Å². The quantitative estimate of drug-likeness (QED) is 0.715. The average molecular weight is 179 g/mol.